The second kappa shape index (κ2) is 6.77. The third kappa shape index (κ3) is 3.37. The van der Waals surface area contributed by atoms with Crippen molar-refractivity contribution in [2.24, 2.45) is 0 Å². The fourth-order valence-electron chi connectivity index (χ4n) is 2.93. The normalized spacial score (nSPS) is 12.3. The average Bonchev–Trinajstić information content (AvgIpc) is 3.07. The van der Waals surface area contributed by atoms with Gasteiger partial charge >= 0.3 is 0 Å². The molecule has 2 heterocycles. The predicted molar refractivity (Wildman–Crippen MR) is 101 cm³/mol. The van der Waals surface area contributed by atoms with Gasteiger partial charge in [0.05, 0.1) is 5.52 Å². The topological polar surface area (TPSA) is 86.7 Å². The van der Waals surface area contributed by atoms with Crippen LogP contribution in [0.3, 0.4) is 0 Å². The maximum Gasteiger partial charge on any atom is 0.164 e. The summed E-state index contributed by atoms with van der Waals surface area (Å²) in [6.45, 7) is 3.86. The van der Waals surface area contributed by atoms with Gasteiger partial charge in [0.15, 0.2) is 11.6 Å². The Kier molecular flexibility index (Phi) is 4.29. The summed E-state index contributed by atoms with van der Waals surface area (Å²) >= 11 is 0. The van der Waals surface area contributed by atoms with E-state index in [0.717, 1.165) is 22.2 Å². The average molecular weight is 363 g/mol. The van der Waals surface area contributed by atoms with Gasteiger partial charge in [-0.1, -0.05) is 24.3 Å². The standard InChI is InChI=1S/C20H18FN5O/c1-11-4-3-5-15-17(11)23-20(18(27)13-6-8-14(21)9-7-13)24-19(15)22-16-10-12(2)25-26-16/h3-10,18,27H,1-2H3,(H2,22,23,24,25,26)/t18-/m0/s1. The number of anilines is 2. The SMILES string of the molecule is Cc1cc(Nc2nc([C@@H](O)c3ccc(F)cc3)nc3c(C)cccc23)n[nH]1. The number of nitrogens with one attached hydrogen (secondary N) is 2. The Balaban J connectivity index is 1.83. The van der Waals surface area contributed by atoms with E-state index < -0.39 is 6.10 Å². The second-order valence-electron chi connectivity index (χ2n) is 6.42. The molecule has 27 heavy (non-hydrogen) atoms. The predicted octanol–water partition coefficient (Wildman–Crippen LogP) is 3.93. The third-order valence-electron chi connectivity index (χ3n) is 4.33. The maximum absolute atomic E-state index is 13.2. The number of aromatic amines is 1. The first-order valence-electron chi connectivity index (χ1n) is 8.51. The minimum absolute atomic E-state index is 0.234. The van der Waals surface area contributed by atoms with E-state index in [1.54, 1.807) is 0 Å². The summed E-state index contributed by atoms with van der Waals surface area (Å²) in [5.41, 5.74) is 3.13. The third-order valence-corrected chi connectivity index (χ3v) is 4.33. The van der Waals surface area contributed by atoms with Crippen LogP contribution in [0, 0.1) is 19.7 Å². The minimum Gasteiger partial charge on any atom is -0.380 e. The molecule has 0 amide bonds. The molecular formula is C20H18FN5O. The van der Waals surface area contributed by atoms with Crippen LogP contribution in [0.1, 0.15) is 28.7 Å². The van der Waals surface area contributed by atoms with Gasteiger partial charge in [0.1, 0.15) is 17.7 Å². The fourth-order valence-corrected chi connectivity index (χ4v) is 2.93. The summed E-state index contributed by atoms with van der Waals surface area (Å²) in [5, 5.41) is 21.8. The number of hydrogen-bond donors (Lipinski definition) is 3. The number of aromatic nitrogens is 4. The van der Waals surface area contributed by atoms with Crippen molar-refractivity contribution in [2.45, 2.75) is 20.0 Å². The van der Waals surface area contributed by atoms with Gasteiger partial charge < -0.3 is 10.4 Å². The van der Waals surface area contributed by atoms with Gasteiger partial charge in [-0.2, -0.15) is 5.10 Å². The zero-order chi connectivity index (χ0) is 19.0. The molecule has 0 unspecified atom stereocenters. The van der Waals surface area contributed by atoms with E-state index in [1.807, 2.05) is 38.1 Å². The fraction of sp³-hybridized carbons (Fsp3) is 0.150. The van der Waals surface area contributed by atoms with Crippen molar-refractivity contribution in [3.8, 4) is 0 Å². The molecule has 3 N–H and O–H groups in total. The van der Waals surface area contributed by atoms with Gasteiger partial charge in [-0.25, -0.2) is 14.4 Å². The van der Waals surface area contributed by atoms with E-state index in [0.29, 0.717) is 17.2 Å². The molecular weight excluding hydrogens is 345 g/mol. The number of benzene rings is 2. The maximum atomic E-state index is 13.2. The van der Waals surface area contributed by atoms with Gasteiger partial charge in [-0.15, -0.1) is 0 Å². The van der Waals surface area contributed by atoms with Crippen LogP contribution in [0.5, 0.6) is 0 Å². The molecule has 0 spiro atoms. The van der Waals surface area contributed by atoms with Gasteiger partial charge in [0.25, 0.3) is 0 Å². The number of aliphatic hydroxyl groups is 1. The van der Waals surface area contributed by atoms with Crippen molar-refractivity contribution < 1.29 is 9.50 Å². The smallest absolute Gasteiger partial charge is 0.164 e. The van der Waals surface area contributed by atoms with Crippen LogP contribution < -0.4 is 5.32 Å². The van der Waals surface area contributed by atoms with Crippen LogP contribution in [-0.4, -0.2) is 25.3 Å². The molecule has 0 saturated heterocycles. The Bertz CT molecular complexity index is 1110. The summed E-state index contributed by atoms with van der Waals surface area (Å²) in [6, 6.07) is 13.3. The van der Waals surface area contributed by atoms with Crippen LogP contribution >= 0.6 is 0 Å². The lowest BCUT2D eigenvalue weighted by Gasteiger charge is -2.14. The molecule has 0 radical (unpaired) electrons. The molecule has 0 aliphatic heterocycles. The lowest BCUT2D eigenvalue weighted by atomic mass is 10.1. The zero-order valence-corrected chi connectivity index (χ0v) is 14.9. The first kappa shape index (κ1) is 17.1. The quantitative estimate of drug-likeness (QED) is 0.511. The first-order chi connectivity index (χ1) is 13.0. The molecule has 0 aliphatic rings. The van der Waals surface area contributed by atoms with Crippen molar-refractivity contribution >= 4 is 22.5 Å². The number of nitrogens with zero attached hydrogens (tertiary/aromatic N) is 3. The van der Waals surface area contributed by atoms with Crippen LogP contribution in [0.2, 0.25) is 0 Å². The van der Waals surface area contributed by atoms with Gasteiger partial charge in [-0.3, -0.25) is 5.10 Å². The van der Waals surface area contributed by atoms with E-state index >= 15 is 0 Å². The molecule has 0 bridgehead atoms. The number of H-pyrrole nitrogens is 1. The summed E-state index contributed by atoms with van der Waals surface area (Å²) in [4.78, 5) is 9.08. The minimum atomic E-state index is -1.07. The first-order valence-corrected chi connectivity index (χ1v) is 8.51. The lowest BCUT2D eigenvalue weighted by Crippen LogP contribution is -2.09. The number of para-hydroxylation sites is 1. The summed E-state index contributed by atoms with van der Waals surface area (Å²) in [6.07, 6.45) is -1.07. The molecule has 7 heteroatoms. The molecule has 2 aromatic carbocycles. The highest BCUT2D eigenvalue weighted by molar-refractivity contribution is 5.92. The highest BCUT2D eigenvalue weighted by atomic mass is 19.1. The molecule has 4 aromatic rings. The van der Waals surface area contributed by atoms with Crippen molar-refractivity contribution in [1.82, 2.24) is 20.2 Å². The van der Waals surface area contributed by atoms with Crippen LogP contribution in [-0.2, 0) is 0 Å². The van der Waals surface area contributed by atoms with Gasteiger partial charge in [0, 0.05) is 17.1 Å². The lowest BCUT2D eigenvalue weighted by molar-refractivity contribution is 0.210. The Morgan fingerprint density at radius 3 is 2.56 bits per heavy atom. The summed E-state index contributed by atoms with van der Waals surface area (Å²) < 4.78 is 13.2. The summed E-state index contributed by atoms with van der Waals surface area (Å²) in [7, 11) is 0. The highest BCUT2D eigenvalue weighted by Crippen LogP contribution is 2.29. The number of aliphatic hydroxyl groups excluding tert-OH is 1. The number of aryl methyl sites for hydroxylation is 2. The molecule has 1 atom stereocenters. The molecule has 0 saturated carbocycles. The van der Waals surface area contributed by atoms with E-state index in [9.17, 15) is 9.50 Å². The Morgan fingerprint density at radius 2 is 1.85 bits per heavy atom. The second-order valence-corrected chi connectivity index (χ2v) is 6.42. The van der Waals surface area contributed by atoms with Crippen LogP contribution in [0.4, 0.5) is 16.0 Å². The van der Waals surface area contributed by atoms with E-state index in [-0.39, 0.29) is 11.6 Å². The highest BCUT2D eigenvalue weighted by Gasteiger charge is 2.18. The molecule has 6 nitrogen and oxygen atoms in total. The monoisotopic (exact) mass is 363 g/mol. The number of halogens is 1. The Morgan fingerprint density at radius 1 is 1.07 bits per heavy atom. The van der Waals surface area contributed by atoms with Crippen molar-refractivity contribution in [3.05, 3.63) is 77.0 Å². The Labute approximate surface area is 155 Å². The molecule has 136 valence electrons. The van der Waals surface area contributed by atoms with Crippen molar-refractivity contribution in [3.63, 3.8) is 0 Å². The van der Waals surface area contributed by atoms with Crippen LogP contribution in [0.15, 0.2) is 48.5 Å². The number of fused-ring (bicyclic) bond motifs is 1. The van der Waals surface area contributed by atoms with E-state index in [1.165, 1.54) is 24.3 Å². The van der Waals surface area contributed by atoms with Gasteiger partial charge in [0.2, 0.25) is 0 Å². The van der Waals surface area contributed by atoms with E-state index in [2.05, 4.69) is 25.5 Å². The van der Waals surface area contributed by atoms with Crippen molar-refractivity contribution in [2.75, 3.05) is 5.32 Å². The molecule has 4 rings (SSSR count). The van der Waals surface area contributed by atoms with E-state index in [4.69, 9.17) is 0 Å². The molecule has 2 aromatic heterocycles. The van der Waals surface area contributed by atoms with Crippen LogP contribution in [0.25, 0.3) is 10.9 Å². The van der Waals surface area contributed by atoms with Gasteiger partial charge in [-0.05, 0) is 43.2 Å². The van der Waals surface area contributed by atoms with Crippen molar-refractivity contribution in [1.29, 1.82) is 0 Å². The number of hydrogen-bond acceptors (Lipinski definition) is 5. The Hall–Kier alpha value is -3.32. The molecule has 0 fully saturated rings. The molecule has 0 aliphatic carbocycles. The summed E-state index contributed by atoms with van der Waals surface area (Å²) in [5.74, 6) is 1.04. The zero-order valence-electron chi connectivity index (χ0n) is 14.9. The number of rotatable bonds is 4. The largest absolute Gasteiger partial charge is 0.380 e.